The SMILES string of the molecule is Cc1ccc(N=C2S/C(=C\c3ccc(OCC(=O)O)cc3OCC(=O)O)C(=O)N2c2ccc(C)cc2)cc1. The molecule has 1 aliphatic rings. The molecule has 2 N–H and O–H groups in total. The summed E-state index contributed by atoms with van der Waals surface area (Å²) >= 11 is 1.18. The number of aliphatic carboxylic acids is 2. The van der Waals surface area contributed by atoms with Crippen molar-refractivity contribution in [2.45, 2.75) is 13.8 Å². The molecule has 9 nitrogen and oxygen atoms in total. The lowest BCUT2D eigenvalue weighted by atomic mass is 10.1. The number of rotatable bonds is 9. The predicted octanol–water partition coefficient (Wildman–Crippen LogP) is 5.04. The van der Waals surface area contributed by atoms with Gasteiger partial charge < -0.3 is 19.7 Å². The highest BCUT2D eigenvalue weighted by atomic mass is 32.2. The lowest BCUT2D eigenvalue weighted by Crippen LogP contribution is -2.28. The number of carboxylic acid groups (broad SMARTS) is 2. The molecule has 1 saturated heterocycles. The summed E-state index contributed by atoms with van der Waals surface area (Å²) in [5, 5.41) is 18.4. The summed E-state index contributed by atoms with van der Waals surface area (Å²) in [6, 6.07) is 19.6. The fourth-order valence-corrected chi connectivity index (χ4v) is 4.47. The van der Waals surface area contributed by atoms with Crippen LogP contribution in [0, 0.1) is 13.8 Å². The maximum Gasteiger partial charge on any atom is 0.341 e. The van der Waals surface area contributed by atoms with Gasteiger partial charge in [-0.15, -0.1) is 0 Å². The molecule has 0 aliphatic carbocycles. The van der Waals surface area contributed by atoms with Crippen molar-refractivity contribution in [3.05, 3.63) is 88.3 Å². The van der Waals surface area contributed by atoms with Crippen LogP contribution in [-0.2, 0) is 14.4 Å². The maximum absolute atomic E-state index is 13.6. The van der Waals surface area contributed by atoms with Crippen LogP contribution in [0.25, 0.3) is 6.08 Å². The molecular weight excluding hydrogens is 508 g/mol. The first kappa shape index (κ1) is 26.5. The molecule has 3 aromatic rings. The van der Waals surface area contributed by atoms with Gasteiger partial charge in [0.15, 0.2) is 18.4 Å². The van der Waals surface area contributed by atoms with Crippen LogP contribution in [0.2, 0.25) is 0 Å². The van der Waals surface area contributed by atoms with Gasteiger partial charge in [-0.25, -0.2) is 14.6 Å². The lowest BCUT2D eigenvalue weighted by Gasteiger charge is -2.16. The summed E-state index contributed by atoms with van der Waals surface area (Å²) in [6.07, 6.45) is 1.59. The molecule has 0 radical (unpaired) electrons. The number of hydrogen-bond acceptors (Lipinski definition) is 7. The molecule has 1 amide bonds. The third-order valence-electron chi connectivity index (χ3n) is 5.34. The zero-order chi connectivity index (χ0) is 27.2. The smallest absolute Gasteiger partial charge is 0.341 e. The van der Waals surface area contributed by atoms with Gasteiger partial charge in [-0.3, -0.25) is 9.69 Å². The van der Waals surface area contributed by atoms with Crippen molar-refractivity contribution in [3.8, 4) is 11.5 Å². The molecule has 194 valence electrons. The number of carbonyl (C=O) groups is 3. The Kier molecular flexibility index (Phi) is 8.12. The second kappa shape index (κ2) is 11.7. The highest BCUT2D eigenvalue weighted by Gasteiger charge is 2.35. The topological polar surface area (TPSA) is 126 Å². The Morgan fingerprint density at radius 1 is 0.895 bits per heavy atom. The predicted molar refractivity (Wildman–Crippen MR) is 145 cm³/mol. The zero-order valence-corrected chi connectivity index (χ0v) is 21.4. The molecule has 4 rings (SSSR count). The number of thioether (sulfide) groups is 1. The van der Waals surface area contributed by atoms with Crippen molar-refractivity contribution < 1.29 is 34.1 Å². The fraction of sp³-hybridized carbons (Fsp3) is 0.143. The molecule has 0 spiro atoms. The number of hydrogen-bond donors (Lipinski definition) is 2. The number of anilines is 1. The van der Waals surface area contributed by atoms with E-state index in [-0.39, 0.29) is 17.4 Å². The van der Waals surface area contributed by atoms with E-state index in [9.17, 15) is 14.4 Å². The van der Waals surface area contributed by atoms with Crippen LogP contribution in [0.4, 0.5) is 11.4 Å². The van der Waals surface area contributed by atoms with Crippen molar-refractivity contribution in [2.75, 3.05) is 18.1 Å². The highest BCUT2D eigenvalue weighted by molar-refractivity contribution is 8.19. The van der Waals surface area contributed by atoms with Gasteiger partial charge in [-0.2, -0.15) is 0 Å². The van der Waals surface area contributed by atoms with E-state index in [4.69, 9.17) is 24.7 Å². The molecule has 0 bridgehead atoms. The Bertz CT molecular complexity index is 1430. The van der Waals surface area contributed by atoms with Gasteiger partial charge in [-0.1, -0.05) is 35.4 Å². The summed E-state index contributed by atoms with van der Waals surface area (Å²) in [4.78, 5) is 42.2. The first-order chi connectivity index (χ1) is 18.2. The molecule has 0 unspecified atom stereocenters. The molecular formula is C28H24N2O7S. The van der Waals surface area contributed by atoms with Gasteiger partial charge in [-0.05, 0) is 68.1 Å². The first-order valence-electron chi connectivity index (χ1n) is 11.5. The Morgan fingerprint density at radius 2 is 1.50 bits per heavy atom. The van der Waals surface area contributed by atoms with E-state index in [2.05, 4.69) is 0 Å². The maximum atomic E-state index is 13.6. The van der Waals surface area contributed by atoms with Gasteiger partial charge in [0.05, 0.1) is 16.3 Å². The van der Waals surface area contributed by atoms with Crippen LogP contribution in [0.3, 0.4) is 0 Å². The molecule has 3 aromatic carbocycles. The lowest BCUT2D eigenvalue weighted by molar-refractivity contribution is -0.140. The van der Waals surface area contributed by atoms with Crippen LogP contribution in [0.1, 0.15) is 16.7 Å². The largest absolute Gasteiger partial charge is 0.482 e. The van der Waals surface area contributed by atoms with E-state index in [1.165, 1.54) is 28.8 Å². The van der Waals surface area contributed by atoms with E-state index in [1.54, 1.807) is 12.1 Å². The second-order valence-corrected chi connectivity index (χ2v) is 9.39. The van der Waals surface area contributed by atoms with Crippen molar-refractivity contribution in [3.63, 3.8) is 0 Å². The van der Waals surface area contributed by atoms with Gasteiger partial charge in [0.1, 0.15) is 11.5 Å². The first-order valence-corrected chi connectivity index (χ1v) is 12.3. The molecule has 1 fully saturated rings. The van der Waals surface area contributed by atoms with E-state index in [0.717, 1.165) is 11.1 Å². The molecule has 10 heteroatoms. The molecule has 1 aliphatic heterocycles. The average molecular weight is 533 g/mol. The minimum atomic E-state index is -1.19. The van der Waals surface area contributed by atoms with Gasteiger partial charge in [0.25, 0.3) is 5.91 Å². The van der Waals surface area contributed by atoms with Gasteiger partial charge in [0.2, 0.25) is 0 Å². The third-order valence-corrected chi connectivity index (χ3v) is 6.31. The van der Waals surface area contributed by atoms with Crippen molar-refractivity contribution in [1.82, 2.24) is 0 Å². The van der Waals surface area contributed by atoms with Crippen LogP contribution in [-0.4, -0.2) is 46.4 Å². The number of nitrogens with zero attached hydrogens (tertiary/aromatic N) is 2. The normalized spacial score (nSPS) is 15.2. The zero-order valence-electron chi connectivity index (χ0n) is 20.6. The van der Waals surface area contributed by atoms with Crippen molar-refractivity contribution in [2.24, 2.45) is 4.99 Å². The quantitative estimate of drug-likeness (QED) is 0.367. The monoisotopic (exact) mass is 532 g/mol. The van der Waals surface area contributed by atoms with Crippen LogP contribution in [0.5, 0.6) is 11.5 Å². The number of amidine groups is 1. The molecule has 0 aromatic heterocycles. The Balaban J connectivity index is 1.73. The van der Waals surface area contributed by atoms with Gasteiger partial charge in [0, 0.05) is 11.6 Å². The number of carboxylic acids is 2. The minimum absolute atomic E-state index is 0.127. The summed E-state index contributed by atoms with van der Waals surface area (Å²) in [5.74, 6) is -2.34. The summed E-state index contributed by atoms with van der Waals surface area (Å²) in [5.41, 5.74) is 3.90. The molecule has 1 heterocycles. The fourth-order valence-electron chi connectivity index (χ4n) is 3.47. The average Bonchev–Trinajstić information content (AvgIpc) is 3.18. The standard InChI is InChI=1S/C28H24N2O7S/c1-17-3-8-20(9-4-17)29-28-30(21-10-5-18(2)6-11-21)27(35)24(38-28)13-19-7-12-22(36-15-25(31)32)14-23(19)37-16-26(33)34/h3-14H,15-16H2,1-2H3,(H,31,32)(H,33,34)/b24-13-,29-28?. The Labute approximate surface area is 223 Å². The number of amides is 1. The minimum Gasteiger partial charge on any atom is -0.482 e. The van der Waals surface area contributed by atoms with Gasteiger partial charge >= 0.3 is 11.9 Å². The van der Waals surface area contributed by atoms with Crippen molar-refractivity contribution in [1.29, 1.82) is 0 Å². The molecule has 38 heavy (non-hydrogen) atoms. The summed E-state index contributed by atoms with van der Waals surface area (Å²) < 4.78 is 10.6. The van der Waals surface area contributed by atoms with Crippen LogP contribution in [0.15, 0.2) is 76.6 Å². The highest BCUT2D eigenvalue weighted by Crippen LogP contribution is 2.39. The van der Waals surface area contributed by atoms with Crippen LogP contribution >= 0.6 is 11.8 Å². The number of aliphatic imine (C=N–C) groups is 1. The van der Waals surface area contributed by atoms with E-state index < -0.39 is 25.2 Å². The summed E-state index contributed by atoms with van der Waals surface area (Å²) in [6.45, 7) is 2.73. The number of carbonyl (C=O) groups excluding carboxylic acids is 1. The molecule has 0 atom stereocenters. The third kappa shape index (κ3) is 6.60. The van der Waals surface area contributed by atoms with E-state index in [1.807, 2.05) is 62.4 Å². The van der Waals surface area contributed by atoms with Crippen LogP contribution < -0.4 is 14.4 Å². The number of ether oxygens (including phenoxy) is 2. The Morgan fingerprint density at radius 3 is 2.13 bits per heavy atom. The Hall–Kier alpha value is -4.57. The molecule has 0 saturated carbocycles. The van der Waals surface area contributed by atoms with E-state index >= 15 is 0 Å². The number of benzene rings is 3. The summed E-state index contributed by atoms with van der Waals surface area (Å²) in [7, 11) is 0. The second-order valence-electron chi connectivity index (χ2n) is 8.38. The van der Waals surface area contributed by atoms with Crippen molar-refractivity contribution >= 4 is 52.2 Å². The van der Waals surface area contributed by atoms with E-state index in [0.29, 0.717) is 27.0 Å². The number of aryl methyl sites for hydroxylation is 2.